The van der Waals surface area contributed by atoms with Crippen LogP contribution in [0.3, 0.4) is 0 Å². The Morgan fingerprint density at radius 3 is 3.08 bits per heavy atom. The fraction of sp³-hybridized carbons (Fsp3) is 0.316. The third-order valence-corrected chi connectivity index (χ3v) is 5.41. The van der Waals surface area contributed by atoms with E-state index < -0.39 is 0 Å². The highest BCUT2D eigenvalue weighted by atomic mass is 32.1. The highest BCUT2D eigenvalue weighted by Gasteiger charge is 2.21. The summed E-state index contributed by atoms with van der Waals surface area (Å²) in [5.41, 5.74) is 2.44. The van der Waals surface area contributed by atoms with Gasteiger partial charge in [-0.2, -0.15) is 4.98 Å². The molecule has 26 heavy (non-hydrogen) atoms. The van der Waals surface area contributed by atoms with Crippen molar-refractivity contribution in [3.63, 3.8) is 0 Å². The van der Waals surface area contributed by atoms with E-state index in [-0.39, 0.29) is 5.91 Å². The van der Waals surface area contributed by atoms with Crippen LogP contribution >= 0.6 is 11.3 Å². The van der Waals surface area contributed by atoms with Gasteiger partial charge in [-0.3, -0.25) is 4.79 Å². The standard InChI is InChI=1S/C19H19N3O3S/c1-24-15-5-4-13-8-9-22(12-14(13)11-15)18(23)7-6-17-20-19(21-25-17)16-3-2-10-26-16/h2-5,10-11H,6-9,12H2,1H3. The maximum atomic E-state index is 12.6. The lowest BCUT2D eigenvalue weighted by molar-refractivity contribution is -0.132. The fourth-order valence-electron chi connectivity index (χ4n) is 3.11. The van der Waals surface area contributed by atoms with Crippen molar-refractivity contribution in [3.8, 4) is 16.5 Å². The Balaban J connectivity index is 1.36. The van der Waals surface area contributed by atoms with Gasteiger partial charge < -0.3 is 14.2 Å². The number of ether oxygens (including phenoxy) is 1. The molecule has 1 aromatic carbocycles. The van der Waals surface area contributed by atoms with Crippen LogP contribution in [-0.4, -0.2) is 34.6 Å². The van der Waals surface area contributed by atoms with Crippen molar-refractivity contribution in [2.24, 2.45) is 0 Å². The molecular weight excluding hydrogens is 350 g/mol. The number of methoxy groups -OCH3 is 1. The van der Waals surface area contributed by atoms with Crippen molar-refractivity contribution in [1.29, 1.82) is 0 Å². The second kappa shape index (κ2) is 7.29. The summed E-state index contributed by atoms with van der Waals surface area (Å²) < 4.78 is 10.6. The van der Waals surface area contributed by atoms with Gasteiger partial charge in [0.25, 0.3) is 0 Å². The van der Waals surface area contributed by atoms with Gasteiger partial charge in [0.2, 0.25) is 17.6 Å². The highest BCUT2D eigenvalue weighted by Crippen LogP contribution is 2.25. The molecule has 6 nitrogen and oxygen atoms in total. The third kappa shape index (κ3) is 3.48. The molecule has 7 heteroatoms. The van der Waals surface area contributed by atoms with E-state index in [0.717, 1.165) is 29.2 Å². The van der Waals surface area contributed by atoms with Gasteiger partial charge in [-0.25, -0.2) is 0 Å². The van der Waals surface area contributed by atoms with Gasteiger partial charge in [0.1, 0.15) is 5.75 Å². The van der Waals surface area contributed by atoms with Crippen LogP contribution in [0.1, 0.15) is 23.4 Å². The lowest BCUT2D eigenvalue weighted by atomic mass is 9.99. The zero-order valence-corrected chi connectivity index (χ0v) is 15.3. The summed E-state index contributed by atoms with van der Waals surface area (Å²) in [5.74, 6) is 2.02. The van der Waals surface area contributed by atoms with E-state index in [0.29, 0.717) is 31.1 Å². The molecule has 3 heterocycles. The Morgan fingerprint density at radius 2 is 2.27 bits per heavy atom. The number of aromatic nitrogens is 2. The summed E-state index contributed by atoms with van der Waals surface area (Å²) in [6.07, 6.45) is 1.69. The van der Waals surface area contributed by atoms with Gasteiger partial charge in [-0.1, -0.05) is 17.3 Å². The maximum Gasteiger partial charge on any atom is 0.227 e. The van der Waals surface area contributed by atoms with Crippen molar-refractivity contribution in [1.82, 2.24) is 15.0 Å². The largest absolute Gasteiger partial charge is 0.497 e. The van der Waals surface area contributed by atoms with E-state index >= 15 is 0 Å². The molecule has 1 amide bonds. The second-order valence-corrected chi connectivity index (χ2v) is 7.14. The Kier molecular flexibility index (Phi) is 4.71. The molecule has 0 unspecified atom stereocenters. The summed E-state index contributed by atoms with van der Waals surface area (Å²) in [4.78, 5) is 19.8. The topological polar surface area (TPSA) is 68.5 Å². The molecule has 1 aliphatic rings. The summed E-state index contributed by atoms with van der Waals surface area (Å²) >= 11 is 1.56. The van der Waals surface area contributed by atoms with E-state index in [1.54, 1.807) is 18.4 Å². The molecular formula is C19H19N3O3S. The minimum atomic E-state index is 0.106. The van der Waals surface area contributed by atoms with Gasteiger partial charge in [0, 0.05) is 25.9 Å². The first-order valence-corrected chi connectivity index (χ1v) is 9.41. The number of amides is 1. The first kappa shape index (κ1) is 16.8. The normalized spacial score (nSPS) is 13.5. The van der Waals surface area contributed by atoms with Gasteiger partial charge in [0.15, 0.2) is 0 Å². The molecule has 0 fully saturated rings. The van der Waals surface area contributed by atoms with E-state index in [4.69, 9.17) is 9.26 Å². The van der Waals surface area contributed by atoms with Crippen LogP contribution in [0.5, 0.6) is 5.75 Å². The zero-order valence-electron chi connectivity index (χ0n) is 14.5. The van der Waals surface area contributed by atoms with Crippen molar-refractivity contribution in [2.75, 3.05) is 13.7 Å². The Bertz CT molecular complexity index is 905. The number of thiophene rings is 1. The second-order valence-electron chi connectivity index (χ2n) is 6.19. The average molecular weight is 369 g/mol. The van der Waals surface area contributed by atoms with E-state index in [2.05, 4.69) is 16.2 Å². The molecule has 0 spiro atoms. The summed E-state index contributed by atoms with van der Waals surface area (Å²) in [7, 11) is 1.66. The SMILES string of the molecule is COc1ccc2c(c1)CN(C(=O)CCc1nc(-c3cccs3)no1)CC2. The van der Waals surface area contributed by atoms with Gasteiger partial charge in [0.05, 0.1) is 12.0 Å². The Labute approximate surface area is 155 Å². The van der Waals surface area contributed by atoms with E-state index in [9.17, 15) is 4.79 Å². The van der Waals surface area contributed by atoms with Crippen LogP contribution in [0.25, 0.3) is 10.7 Å². The fourth-order valence-corrected chi connectivity index (χ4v) is 3.76. The molecule has 0 bridgehead atoms. The molecule has 0 N–H and O–H groups in total. The number of benzene rings is 1. The Morgan fingerprint density at radius 1 is 1.35 bits per heavy atom. The molecule has 0 atom stereocenters. The first-order chi connectivity index (χ1) is 12.7. The van der Waals surface area contributed by atoms with Crippen LogP contribution < -0.4 is 4.74 Å². The predicted molar refractivity (Wildman–Crippen MR) is 98.0 cm³/mol. The van der Waals surface area contributed by atoms with Gasteiger partial charge in [-0.05, 0) is 41.1 Å². The first-order valence-electron chi connectivity index (χ1n) is 8.53. The van der Waals surface area contributed by atoms with E-state index in [1.165, 1.54) is 5.56 Å². The lowest BCUT2D eigenvalue weighted by Crippen LogP contribution is -2.36. The van der Waals surface area contributed by atoms with Crippen LogP contribution in [0.2, 0.25) is 0 Å². The molecule has 0 saturated carbocycles. The number of hydrogen-bond donors (Lipinski definition) is 0. The zero-order chi connectivity index (χ0) is 17.9. The van der Waals surface area contributed by atoms with Crippen molar-refractivity contribution in [3.05, 3.63) is 52.7 Å². The summed E-state index contributed by atoms with van der Waals surface area (Å²) in [6.45, 7) is 1.36. The number of carbonyl (C=O) groups excluding carboxylic acids is 1. The molecule has 0 radical (unpaired) electrons. The lowest BCUT2D eigenvalue weighted by Gasteiger charge is -2.29. The molecule has 2 aromatic heterocycles. The van der Waals surface area contributed by atoms with Crippen LogP contribution in [0.4, 0.5) is 0 Å². The van der Waals surface area contributed by atoms with Gasteiger partial charge >= 0.3 is 0 Å². The molecule has 1 aliphatic heterocycles. The number of nitrogens with zero attached hydrogens (tertiary/aromatic N) is 3. The third-order valence-electron chi connectivity index (χ3n) is 4.54. The monoisotopic (exact) mass is 369 g/mol. The Hall–Kier alpha value is -2.67. The molecule has 0 aliphatic carbocycles. The van der Waals surface area contributed by atoms with Crippen molar-refractivity contribution in [2.45, 2.75) is 25.8 Å². The number of fused-ring (bicyclic) bond motifs is 1. The summed E-state index contributed by atoms with van der Waals surface area (Å²) in [5, 5.41) is 5.95. The minimum absolute atomic E-state index is 0.106. The molecule has 134 valence electrons. The summed E-state index contributed by atoms with van der Waals surface area (Å²) in [6, 6.07) is 9.96. The van der Waals surface area contributed by atoms with Gasteiger partial charge in [-0.15, -0.1) is 11.3 Å². The number of rotatable bonds is 5. The molecule has 0 saturated heterocycles. The average Bonchev–Trinajstić information content (AvgIpc) is 3.36. The predicted octanol–water partition coefficient (Wildman–Crippen LogP) is 3.32. The van der Waals surface area contributed by atoms with E-state index in [1.807, 2.05) is 34.5 Å². The number of aryl methyl sites for hydroxylation is 1. The molecule has 4 rings (SSSR count). The quantitative estimate of drug-likeness (QED) is 0.690. The van der Waals surface area contributed by atoms with Crippen molar-refractivity contribution < 1.29 is 14.1 Å². The van der Waals surface area contributed by atoms with Crippen LogP contribution in [0.15, 0.2) is 40.2 Å². The molecule has 3 aromatic rings. The van der Waals surface area contributed by atoms with Crippen LogP contribution in [-0.2, 0) is 24.2 Å². The minimum Gasteiger partial charge on any atom is -0.497 e. The maximum absolute atomic E-state index is 12.6. The highest BCUT2D eigenvalue weighted by molar-refractivity contribution is 7.13. The smallest absolute Gasteiger partial charge is 0.227 e. The number of hydrogen-bond acceptors (Lipinski definition) is 6. The number of carbonyl (C=O) groups is 1. The van der Waals surface area contributed by atoms with Crippen LogP contribution in [0, 0.1) is 0 Å². The van der Waals surface area contributed by atoms with Crippen molar-refractivity contribution >= 4 is 17.2 Å².